The number of hydrogen-bond donors (Lipinski definition) is 1. The first-order valence-electron chi connectivity index (χ1n) is 5.83. The molecule has 18 heavy (non-hydrogen) atoms. The molecule has 2 N–H and O–H groups in total. The van der Waals surface area contributed by atoms with Gasteiger partial charge in [-0.05, 0) is 41.8 Å². The standard InChI is InChI=1S/C15H16BrNO/c1-18-14-4-2-3-11(9-14)10-15(17)12-5-7-13(16)8-6-12/h2-9,15H,10,17H2,1H3. The van der Waals surface area contributed by atoms with E-state index in [9.17, 15) is 0 Å². The largest absolute Gasteiger partial charge is 0.497 e. The van der Waals surface area contributed by atoms with Crippen LogP contribution in [0.4, 0.5) is 0 Å². The molecule has 2 aromatic carbocycles. The summed E-state index contributed by atoms with van der Waals surface area (Å²) in [6.07, 6.45) is 0.804. The van der Waals surface area contributed by atoms with E-state index in [1.807, 2.05) is 30.3 Å². The van der Waals surface area contributed by atoms with E-state index in [1.165, 1.54) is 5.56 Å². The highest BCUT2D eigenvalue weighted by atomic mass is 79.9. The van der Waals surface area contributed by atoms with Gasteiger partial charge in [-0.2, -0.15) is 0 Å². The average molecular weight is 306 g/mol. The Labute approximate surface area is 116 Å². The quantitative estimate of drug-likeness (QED) is 0.935. The maximum Gasteiger partial charge on any atom is 0.119 e. The topological polar surface area (TPSA) is 35.2 Å². The van der Waals surface area contributed by atoms with E-state index >= 15 is 0 Å². The highest BCUT2D eigenvalue weighted by Gasteiger charge is 2.07. The van der Waals surface area contributed by atoms with Gasteiger partial charge >= 0.3 is 0 Å². The summed E-state index contributed by atoms with van der Waals surface area (Å²) < 4.78 is 6.28. The Morgan fingerprint density at radius 3 is 2.56 bits per heavy atom. The smallest absolute Gasteiger partial charge is 0.119 e. The molecule has 0 aliphatic rings. The number of ether oxygens (including phenoxy) is 1. The number of hydrogen-bond acceptors (Lipinski definition) is 2. The lowest BCUT2D eigenvalue weighted by Gasteiger charge is -2.13. The minimum absolute atomic E-state index is 0.00482. The van der Waals surface area contributed by atoms with E-state index in [2.05, 4.69) is 34.1 Å². The van der Waals surface area contributed by atoms with Crippen molar-refractivity contribution in [2.24, 2.45) is 5.73 Å². The molecule has 2 aromatic rings. The van der Waals surface area contributed by atoms with Gasteiger partial charge in [0.1, 0.15) is 5.75 Å². The van der Waals surface area contributed by atoms with Crippen LogP contribution in [0.5, 0.6) is 5.75 Å². The molecule has 3 heteroatoms. The lowest BCUT2D eigenvalue weighted by Crippen LogP contribution is -2.13. The first-order chi connectivity index (χ1) is 8.69. The Hall–Kier alpha value is -1.32. The minimum atomic E-state index is 0.00482. The third-order valence-corrected chi connectivity index (χ3v) is 3.42. The SMILES string of the molecule is COc1cccc(CC(N)c2ccc(Br)cc2)c1. The molecular formula is C15H16BrNO. The summed E-state index contributed by atoms with van der Waals surface area (Å²) in [5.41, 5.74) is 8.54. The van der Waals surface area contributed by atoms with E-state index in [0.29, 0.717) is 0 Å². The van der Waals surface area contributed by atoms with Crippen molar-refractivity contribution >= 4 is 15.9 Å². The molecule has 0 radical (unpaired) electrons. The normalized spacial score (nSPS) is 12.2. The van der Waals surface area contributed by atoms with Crippen molar-refractivity contribution in [2.45, 2.75) is 12.5 Å². The van der Waals surface area contributed by atoms with E-state index in [1.54, 1.807) is 7.11 Å². The highest BCUT2D eigenvalue weighted by Crippen LogP contribution is 2.21. The maximum absolute atomic E-state index is 6.21. The van der Waals surface area contributed by atoms with Gasteiger partial charge < -0.3 is 10.5 Å². The molecule has 0 fully saturated rings. The molecule has 0 spiro atoms. The monoisotopic (exact) mass is 305 g/mol. The molecule has 1 unspecified atom stereocenters. The van der Waals surface area contributed by atoms with Gasteiger partial charge in [0.2, 0.25) is 0 Å². The number of methoxy groups -OCH3 is 1. The molecule has 0 bridgehead atoms. The van der Waals surface area contributed by atoms with Crippen molar-refractivity contribution in [3.05, 3.63) is 64.1 Å². The van der Waals surface area contributed by atoms with Crippen molar-refractivity contribution in [1.29, 1.82) is 0 Å². The fourth-order valence-corrected chi connectivity index (χ4v) is 2.15. The fraction of sp³-hybridized carbons (Fsp3) is 0.200. The lowest BCUT2D eigenvalue weighted by molar-refractivity contribution is 0.414. The van der Waals surface area contributed by atoms with Crippen molar-refractivity contribution < 1.29 is 4.74 Å². The first-order valence-corrected chi connectivity index (χ1v) is 6.62. The van der Waals surface area contributed by atoms with Gasteiger partial charge in [0, 0.05) is 10.5 Å². The van der Waals surface area contributed by atoms with E-state index in [-0.39, 0.29) is 6.04 Å². The summed E-state index contributed by atoms with van der Waals surface area (Å²) in [6.45, 7) is 0. The second-order valence-corrected chi connectivity index (χ2v) is 5.13. The molecule has 0 aliphatic carbocycles. The van der Waals surface area contributed by atoms with Crippen LogP contribution in [0.1, 0.15) is 17.2 Å². The van der Waals surface area contributed by atoms with Crippen molar-refractivity contribution in [2.75, 3.05) is 7.11 Å². The van der Waals surface area contributed by atoms with Crippen LogP contribution < -0.4 is 10.5 Å². The predicted octanol–water partition coefficient (Wildman–Crippen LogP) is 3.70. The number of rotatable bonds is 4. The zero-order chi connectivity index (χ0) is 13.0. The van der Waals surface area contributed by atoms with Crippen LogP contribution in [0.3, 0.4) is 0 Å². The molecule has 0 heterocycles. The molecule has 0 saturated heterocycles. The Morgan fingerprint density at radius 2 is 1.89 bits per heavy atom. The molecular weight excluding hydrogens is 290 g/mol. The molecule has 0 aliphatic heterocycles. The molecule has 1 atom stereocenters. The van der Waals surface area contributed by atoms with Gasteiger partial charge in [0.15, 0.2) is 0 Å². The molecule has 0 saturated carbocycles. The third-order valence-electron chi connectivity index (χ3n) is 2.89. The molecule has 2 rings (SSSR count). The number of benzene rings is 2. The summed E-state index contributed by atoms with van der Waals surface area (Å²) in [6, 6.07) is 16.2. The van der Waals surface area contributed by atoms with Crippen molar-refractivity contribution in [1.82, 2.24) is 0 Å². The predicted molar refractivity (Wildman–Crippen MR) is 77.8 cm³/mol. The number of nitrogens with two attached hydrogens (primary N) is 1. The second-order valence-electron chi connectivity index (χ2n) is 4.21. The average Bonchev–Trinajstić information content (AvgIpc) is 2.39. The summed E-state index contributed by atoms with van der Waals surface area (Å²) >= 11 is 3.42. The van der Waals surface area contributed by atoms with Crippen LogP contribution in [0.15, 0.2) is 53.0 Å². The fourth-order valence-electron chi connectivity index (χ4n) is 1.88. The molecule has 0 aromatic heterocycles. The summed E-state index contributed by atoms with van der Waals surface area (Å²) in [7, 11) is 1.67. The van der Waals surface area contributed by atoms with Crippen LogP contribution in [0.2, 0.25) is 0 Å². The molecule has 2 nitrogen and oxygen atoms in total. The van der Waals surface area contributed by atoms with Crippen LogP contribution >= 0.6 is 15.9 Å². The van der Waals surface area contributed by atoms with Gasteiger partial charge in [-0.3, -0.25) is 0 Å². The lowest BCUT2D eigenvalue weighted by atomic mass is 10.00. The Morgan fingerprint density at radius 1 is 1.17 bits per heavy atom. The molecule has 0 amide bonds. The number of halogens is 1. The van der Waals surface area contributed by atoms with Crippen LogP contribution in [0, 0.1) is 0 Å². The van der Waals surface area contributed by atoms with E-state index in [0.717, 1.165) is 22.2 Å². The van der Waals surface area contributed by atoms with Gasteiger partial charge in [-0.25, -0.2) is 0 Å². The summed E-state index contributed by atoms with van der Waals surface area (Å²) in [5, 5.41) is 0. The second kappa shape index (κ2) is 6.03. The Balaban J connectivity index is 2.10. The van der Waals surface area contributed by atoms with Crippen LogP contribution in [0.25, 0.3) is 0 Å². The zero-order valence-electron chi connectivity index (χ0n) is 10.3. The van der Waals surface area contributed by atoms with Gasteiger partial charge in [0.25, 0.3) is 0 Å². The third kappa shape index (κ3) is 3.34. The van der Waals surface area contributed by atoms with Gasteiger partial charge in [-0.15, -0.1) is 0 Å². The Kier molecular flexibility index (Phi) is 4.39. The van der Waals surface area contributed by atoms with E-state index < -0.39 is 0 Å². The Bertz CT molecular complexity index is 510. The summed E-state index contributed by atoms with van der Waals surface area (Å²) in [5.74, 6) is 0.871. The highest BCUT2D eigenvalue weighted by molar-refractivity contribution is 9.10. The van der Waals surface area contributed by atoms with Crippen molar-refractivity contribution in [3.63, 3.8) is 0 Å². The van der Waals surface area contributed by atoms with Crippen molar-refractivity contribution in [3.8, 4) is 5.75 Å². The zero-order valence-corrected chi connectivity index (χ0v) is 11.9. The van der Waals surface area contributed by atoms with E-state index in [4.69, 9.17) is 10.5 Å². The molecule has 94 valence electrons. The first kappa shape index (κ1) is 13.1. The summed E-state index contributed by atoms with van der Waals surface area (Å²) in [4.78, 5) is 0. The van der Waals surface area contributed by atoms with Crippen LogP contribution in [-0.4, -0.2) is 7.11 Å². The van der Waals surface area contributed by atoms with Crippen LogP contribution in [-0.2, 0) is 6.42 Å². The van der Waals surface area contributed by atoms with Gasteiger partial charge in [0.05, 0.1) is 7.11 Å². The minimum Gasteiger partial charge on any atom is -0.497 e. The van der Waals surface area contributed by atoms with Gasteiger partial charge in [-0.1, -0.05) is 40.2 Å². The maximum atomic E-state index is 6.21.